The van der Waals surface area contributed by atoms with Crippen LogP contribution in [0, 0.1) is 10.1 Å². The molecule has 16 heavy (non-hydrogen) atoms. The van der Waals surface area contributed by atoms with E-state index in [0.717, 1.165) is 6.07 Å². The van der Waals surface area contributed by atoms with Crippen LogP contribution < -0.4 is 11.1 Å². The van der Waals surface area contributed by atoms with Crippen molar-refractivity contribution in [2.45, 2.75) is 0 Å². The van der Waals surface area contributed by atoms with Gasteiger partial charge in [0, 0.05) is 13.1 Å². The Morgan fingerprint density at radius 2 is 2.31 bits per heavy atom. The Labute approximate surface area is 91.1 Å². The van der Waals surface area contributed by atoms with Crippen LogP contribution in [0.25, 0.3) is 0 Å². The third-order valence-corrected chi connectivity index (χ3v) is 1.68. The predicted molar refractivity (Wildman–Crippen MR) is 55.9 cm³/mol. The summed E-state index contributed by atoms with van der Waals surface area (Å²) in [6, 6.07) is 2.38. The first-order valence-electron chi connectivity index (χ1n) is 4.52. The summed E-state index contributed by atoms with van der Waals surface area (Å²) in [5.41, 5.74) is 5.20. The lowest BCUT2D eigenvalue weighted by molar-refractivity contribution is -0.402. The molecule has 0 bridgehead atoms. The van der Waals surface area contributed by atoms with Gasteiger partial charge in [-0.25, -0.2) is 0 Å². The van der Waals surface area contributed by atoms with Crippen molar-refractivity contribution < 1.29 is 14.1 Å². The topological polar surface area (TPSA) is 111 Å². The van der Waals surface area contributed by atoms with Gasteiger partial charge in [-0.2, -0.15) is 0 Å². The Morgan fingerprint density at radius 1 is 1.56 bits per heavy atom. The molecule has 0 unspecified atom stereocenters. The highest BCUT2D eigenvalue weighted by atomic mass is 16.6. The van der Waals surface area contributed by atoms with Crippen molar-refractivity contribution in [2.75, 3.05) is 13.1 Å². The molecular formula is C9H11N3O4. The summed E-state index contributed by atoms with van der Waals surface area (Å²) >= 11 is 0. The number of carbonyl (C=O) groups excluding carboxylic acids is 1. The highest BCUT2D eigenvalue weighted by Crippen LogP contribution is 2.15. The van der Waals surface area contributed by atoms with Crippen LogP contribution in [0.15, 0.2) is 28.7 Å². The maximum Gasteiger partial charge on any atom is 0.433 e. The lowest BCUT2D eigenvalue weighted by atomic mass is 10.4. The fraction of sp³-hybridized carbons (Fsp3) is 0.222. The van der Waals surface area contributed by atoms with Gasteiger partial charge in [-0.3, -0.25) is 14.9 Å². The normalized spacial score (nSPS) is 10.6. The molecule has 1 amide bonds. The summed E-state index contributed by atoms with van der Waals surface area (Å²) in [5.74, 6) is -1.05. The van der Waals surface area contributed by atoms with Gasteiger partial charge in [0.05, 0.1) is 6.07 Å². The van der Waals surface area contributed by atoms with E-state index in [4.69, 9.17) is 10.2 Å². The molecule has 1 aromatic heterocycles. The number of carbonyl (C=O) groups is 1. The second kappa shape index (κ2) is 5.66. The molecule has 1 rings (SSSR count). The molecule has 0 atom stereocenters. The number of nitrogens with one attached hydrogen (secondary N) is 1. The molecule has 0 aliphatic rings. The maximum atomic E-state index is 11.4. The molecule has 1 aromatic rings. The third kappa shape index (κ3) is 3.21. The molecule has 0 saturated heterocycles. The standard InChI is InChI=1S/C9H11N3O4/c10-5-1-2-6-11-9(13)7-3-4-8(16-7)12(14)15/h1-4H,5-6,10H2,(H,11,13)/b2-1+. The van der Waals surface area contributed by atoms with Gasteiger partial charge in [0.15, 0.2) is 5.76 Å². The molecule has 0 saturated carbocycles. The van der Waals surface area contributed by atoms with E-state index in [-0.39, 0.29) is 5.76 Å². The summed E-state index contributed by atoms with van der Waals surface area (Å²) in [6.07, 6.45) is 3.36. The van der Waals surface area contributed by atoms with Crippen LogP contribution in [0.1, 0.15) is 10.6 Å². The number of furan rings is 1. The zero-order chi connectivity index (χ0) is 12.0. The molecule has 0 aliphatic heterocycles. The van der Waals surface area contributed by atoms with E-state index >= 15 is 0 Å². The van der Waals surface area contributed by atoms with Crippen molar-refractivity contribution in [2.24, 2.45) is 5.73 Å². The van der Waals surface area contributed by atoms with Gasteiger partial charge in [-0.15, -0.1) is 0 Å². The van der Waals surface area contributed by atoms with Gasteiger partial charge < -0.3 is 15.5 Å². The van der Waals surface area contributed by atoms with Crippen molar-refractivity contribution in [3.8, 4) is 0 Å². The molecule has 1 heterocycles. The summed E-state index contributed by atoms with van der Waals surface area (Å²) in [7, 11) is 0. The zero-order valence-electron chi connectivity index (χ0n) is 8.38. The monoisotopic (exact) mass is 225 g/mol. The largest absolute Gasteiger partial charge is 0.433 e. The number of rotatable bonds is 5. The molecule has 0 aliphatic carbocycles. The predicted octanol–water partition coefficient (Wildman–Crippen LogP) is 0.432. The molecule has 3 N–H and O–H groups in total. The number of hydrogen-bond donors (Lipinski definition) is 2. The molecule has 86 valence electrons. The van der Waals surface area contributed by atoms with E-state index in [1.54, 1.807) is 12.2 Å². The molecule has 0 radical (unpaired) electrons. The molecule has 0 aromatic carbocycles. The SMILES string of the molecule is NC/C=C/CNC(=O)c1ccc([N+](=O)[O-])o1. The van der Waals surface area contributed by atoms with Crippen LogP contribution in [0.5, 0.6) is 0 Å². The van der Waals surface area contributed by atoms with Crippen LogP contribution in [0.2, 0.25) is 0 Å². The Bertz CT molecular complexity index is 411. The second-order valence-electron chi connectivity index (χ2n) is 2.81. The zero-order valence-corrected chi connectivity index (χ0v) is 8.38. The van der Waals surface area contributed by atoms with E-state index in [1.807, 2.05) is 0 Å². The first-order chi connectivity index (χ1) is 7.65. The molecule has 7 heteroatoms. The van der Waals surface area contributed by atoms with E-state index < -0.39 is 16.7 Å². The minimum Gasteiger partial charge on any atom is -0.395 e. The van der Waals surface area contributed by atoms with Crippen molar-refractivity contribution in [1.29, 1.82) is 0 Å². The van der Waals surface area contributed by atoms with Crippen LogP contribution in [-0.2, 0) is 0 Å². The second-order valence-corrected chi connectivity index (χ2v) is 2.81. The fourth-order valence-corrected chi connectivity index (χ4v) is 0.966. The number of nitrogens with zero attached hydrogens (tertiary/aromatic N) is 1. The number of hydrogen-bond acceptors (Lipinski definition) is 5. The van der Waals surface area contributed by atoms with Crippen molar-refractivity contribution in [3.63, 3.8) is 0 Å². The van der Waals surface area contributed by atoms with E-state index in [2.05, 4.69) is 5.32 Å². The molecular weight excluding hydrogens is 214 g/mol. The highest BCUT2D eigenvalue weighted by molar-refractivity contribution is 5.91. The Morgan fingerprint density at radius 3 is 2.88 bits per heavy atom. The van der Waals surface area contributed by atoms with E-state index in [1.165, 1.54) is 6.07 Å². The fourth-order valence-electron chi connectivity index (χ4n) is 0.966. The number of nitro groups is 1. The van der Waals surface area contributed by atoms with Crippen molar-refractivity contribution in [1.82, 2.24) is 5.32 Å². The summed E-state index contributed by atoms with van der Waals surface area (Å²) in [5, 5.41) is 12.8. The van der Waals surface area contributed by atoms with E-state index in [9.17, 15) is 14.9 Å². The molecule has 0 fully saturated rings. The maximum absolute atomic E-state index is 11.4. The summed E-state index contributed by atoms with van der Waals surface area (Å²) in [6.45, 7) is 0.687. The van der Waals surface area contributed by atoms with E-state index in [0.29, 0.717) is 13.1 Å². The average Bonchev–Trinajstić information content (AvgIpc) is 2.73. The lowest BCUT2D eigenvalue weighted by Gasteiger charge is -1.97. The van der Waals surface area contributed by atoms with Gasteiger partial charge in [0.25, 0.3) is 5.91 Å². The van der Waals surface area contributed by atoms with Crippen LogP contribution in [0.4, 0.5) is 5.88 Å². The number of amides is 1. The van der Waals surface area contributed by atoms with Crippen LogP contribution >= 0.6 is 0 Å². The Hall–Kier alpha value is -2.15. The van der Waals surface area contributed by atoms with Gasteiger partial charge in [-0.05, 0) is 6.07 Å². The first kappa shape index (κ1) is 11.9. The Balaban J connectivity index is 2.53. The van der Waals surface area contributed by atoms with Crippen LogP contribution in [0.3, 0.4) is 0 Å². The van der Waals surface area contributed by atoms with Gasteiger partial charge in [0.2, 0.25) is 0 Å². The molecule has 7 nitrogen and oxygen atoms in total. The summed E-state index contributed by atoms with van der Waals surface area (Å²) < 4.78 is 4.70. The van der Waals surface area contributed by atoms with Crippen molar-refractivity contribution >= 4 is 11.8 Å². The minimum absolute atomic E-state index is 0.0900. The minimum atomic E-state index is -0.703. The quantitative estimate of drug-likeness (QED) is 0.429. The molecule has 0 spiro atoms. The first-order valence-corrected chi connectivity index (χ1v) is 4.52. The highest BCUT2D eigenvalue weighted by Gasteiger charge is 2.16. The van der Waals surface area contributed by atoms with Crippen LogP contribution in [-0.4, -0.2) is 23.9 Å². The summed E-state index contributed by atoms with van der Waals surface area (Å²) in [4.78, 5) is 20.9. The lowest BCUT2D eigenvalue weighted by Crippen LogP contribution is -2.22. The number of nitrogens with two attached hydrogens (primary N) is 1. The van der Waals surface area contributed by atoms with Gasteiger partial charge in [-0.1, -0.05) is 12.2 Å². The van der Waals surface area contributed by atoms with Crippen molar-refractivity contribution in [3.05, 3.63) is 40.2 Å². The average molecular weight is 225 g/mol. The third-order valence-electron chi connectivity index (χ3n) is 1.68. The smallest absolute Gasteiger partial charge is 0.395 e. The Kier molecular flexibility index (Phi) is 4.22. The van der Waals surface area contributed by atoms with Gasteiger partial charge >= 0.3 is 5.88 Å². The van der Waals surface area contributed by atoms with Gasteiger partial charge in [0.1, 0.15) is 4.92 Å².